The van der Waals surface area contributed by atoms with Crippen LogP contribution in [0.5, 0.6) is 0 Å². The lowest BCUT2D eigenvalue weighted by Gasteiger charge is -2.39. The Morgan fingerprint density at radius 1 is 1.37 bits per heavy atom. The topological polar surface area (TPSA) is 46.3 Å². The molecular weight excluding hydrogens is 257 g/mol. The molecule has 1 amide bonds. The largest absolute Gasteiger partial charge is 0.471 e. The number of hydrogen-bond acceptors (Lipinski definition) is 2. The molecule has 0 aliphatic carbocycles. The van der Waals surface area contributed by atoms with Gasteiger partial charge in [0.15, 0.2) is 0 Å². The van der Waals surface area contributed by atoms with Gasteiger partial charge in [-0.15, -0.1) is 0 Å². The fourth-order valence-electron chi connectivity index (χ4n) is 2.34. The van der Waals surface area contributed by atoms with E-state index in [0.29, 0.717) is 23.4 Å². The first-order chi connectivity index (χ1) is 8.63. The SMILES string of the molecule is CC1(C)CCN(C(=O)C(F)(F)F)c2ccc(N)cc21. The summed E-state index contributed by atoms with van der Waals surface area (Å²) in [7, 11) is 0. The zero-order chi connectivity index (χ0) is 14.4. The molecular formula is C13H15F3N2O. The number of alkyl halides is 3. The molecule has 0 fully saturated rings. The van der Waals surface area contributed by atoms with E-state index in [0.717, 1.165) is 4.90 Å². The average molecular weight is 272 g/mol. The number of fused-ring (bicyclic) bond motifs is 1. The van der Waals surface area contributed by atoms with E-state index in [-0.39, 0.29) is 12.0 Å². The van der Waals surface area contributed by atoms with Gasteiger partial charge >= 0.3 is 12.1 Å². The highest BCUT2D eigenvalue weighted by Gasteiger charge is 2.46. The van der Waals surface area contributed by atoms with Gasteiger partial charge in [0.25, 0.3) is 0 Å². The minimum Gasteiger partial charge on any atom is -0.399 e. The number of carbonyl (C=O) groups excluding carboxylic acids is 1. The summed E-state index contributed by atoms with van der Waals surface area (Å²) >= 11 is 0. The van der Waals surface area contributed by atoms with Crippen molar-refractivity contribution in [2.24, 2.45) is 0 Å². The number of hydrogen-bond donors (Lipinski definition) is 1. The monoisotopic (exact) mass is 272 g/mol. The fourth-order valence-corrected chi connectivity index (χ4v) is 2.34. The van der Waals surface area contributed by atoms with E-state index in [1.54, 1.807) is 6.07 Å². The molecule has 0 bridgehead atoms. The molecule has 1 aliphatic heterocycles. The normalized spacial score (nSPS) is 18.1. The molecule has 0 radical (unpaired) electrons. The summed E-state index contributed by atoms with van der Waals surface area (Å²) in [6, 6.07) is 4.64. The highest BCUT2D eigenvalue weighted by atomic mass is 19.4. The maximum Gasteiger partial charge on any atom is 0.471 e. The van der Waals surface area contributed by atoms with Crippen molar-refractivity contribution in [3.8, 4) is 0 Å². The lowest BCUT2D eigenvalue weighted by atomic mass is 9.77. The van der Waals surface area contributed by atoms with Crippen LogP contribution < -0.4 is 10.6 Å². The average Bonchev–Trinajstić information content (AvgIpc) is 2.28. The van der Waals surface area contributed by atoms with E-state index >= 15 is 0 Å². The molecule has 1 heterocycles. The maximum atomic E-state index is 12.6. The number of benzene rings is 1. The second kappa shape index (κ2) is 4.15. The maximum absolute atomic E-state index is 12.6. The number of amides is 1. The molecule has 2 N–H and O–H groups in total. The van der Waals surface area contributed by atoms with Crippen LogP contribution >= 0.6 is 0 Å². The van der Waals surface area contributed by atoms with Crippen molar-refractivity contribution in [2.75, 3.05) is 17.2 Å². The van der Waals surface area contributed by atoms with Crippen molar-refractivity contribution >= 4 is 17.3 Å². The van der Waals surface area contributed by atoms with Gasteiger partial charge in [0, 0.05) is 17.9 Å². The van der Waals surface area contributed by atoms with Gasteiger partial charge in [-0.3, -0.25) is 4.79 Å². The highest BCUT2D eigenvalue weighted by Crippen LogP contribution is 2.41. The molecule has 1 aromatic rings. The summed E-state index contributed by atoms with van der Waals surface area (Å²) in [6.07, 6.45) is -4.40. The number of anilines is 2. The molecule has 19 heavy (non-hydrogen) atoms. The summed E-state index contributed by atoms with van der Waals surface area (Å²) in [4.78, 5) is 12.2. The van der Waals surface area contributed by atoms with Crippen LogP contribution in [0, 0.1) is 0 Å². The van der Waals surface area contributed by atoms with Crippen LogP contribution in [0.1, 0.15) is 25.8 Å². The Bertz CT molecular complexity index is 523. The Balaban J connectivity index is 2.51. The molecule has 0 aromatic heterocycles. The molecule has 6 heteroatoms. The van der Waals surface area contributed by atoms with Crippen LogP contribution in [0.4, 0.5) is 24.5 Å². The molecule has 1 aliphatic rings. The summed E-state index contributed by atoms with van der Waals surface area (Å²) in [5.74, 6) is -1.82. The Morgan fingerprint density at radius 3 is 2.58 bits per heavy atom. The molecule has 3 nitrogen and oxygen atoms in total. The number of nitrogen functional groups attached to an aromatic ring is 1. The third-order valence-corrected chi connectivity index (χ3v) is 3.49. The van der Waals surface area contributed by atoms with Gasteiger partial charge in [-0.05, 0) is 35.6 Å². The summed E-state index contributed by atoms with van der Waals surface area (Å²) in [5.41, 5.74) is 6.84. The summed E-state index contributed by atoms with van der Waals surface area (Å²) in [5, 5.41) is 0. The minimum atomic E-state index is -4.86. The smallest absolute Gasteiger partial charge is 0.399 e. The van der Waals surface area contributed by atoms with E-state index in [1.165, 1.54) is 12.1 Å². The van der Waals surface area contributed by atoms with Crippen molar-refractivity contribution in [1.29, 1.82) is 0 Å². The van der Waals surface area contributed by atoms with E-state index in [2.05, 4.69) is 0 Å². The summed E-state index contributed by atoms with van der Waals surface area (Å²) in [6.45, 7) is 3.92. The van der Waals surface area contributed by atoms with Crippen molar-refractivity contribution in [3.63, 3.8) is 0 Å². The fraction of sp³-hybridized carbons (Fsp3) is 0.462. The van der Waals surface area contributed by atoms with Gasteiger partial charge in [0.2, 0.25) is 0 Å². The number of rotatable bonds is 0. The third-order valence-electron chi connectivity index (χ3n) is 3.49. The van der Waals surface area contributed by atoms with Crippen LogP contribution in [0.2, 0.25) is 0 Å². The second-order valence-electron chi connectivity index (χ2n) is 5.37. The first-order valence-electron chi connectivity index (χ1n) is 5.91. The molecule has 0 unspecified atom stereocenters. The van der Waals surface area contributed by atoms with Crippen molar-refractivity contribution in [3.05, 3.63) is 23.8 Å². The number of halogens is 3. The van der Waals surface area contributed by atoms with Gasteiger partial charge in [0.1, 0.15) is 0 Å². The van der Waals surface area contributed by atoms with Gasteiger partial charge in [-0.25, -0.2) is 0 Å². The van der Waals surface area contributed by atoms with Crippen molar-refractivity contribution < 1.29 is 18.0 Å². The molecule has 104 valence electrons. The minimum absolute atomic E-state index is 0.0578. The Kier molecular flexibility index (Phi) is 2.99. The first-order valence-corrected chi connectivity index (χ1v) is 5.91. The van der Waals surface area contributed by atoms with E-state index < -0.39 is 12.1 Å². The molecule has 2 rings (SSSR count). The zero-order valence-corrected chi connectivity index (χ0v) is 10.7. The molecule has 0 atom stereocenters. The predicted molar refractivity (Wildman–Crippen MR) is 66.9 cm³/mol. The number of nitrogens with two attached hydrogens (primary N) is 1. The van der Waals surface area contributed by atoms with Crippen molar-refractivity contribution in [1.82, 2.24) is 0 Å². The molecule has 0 saturated carbocycles. The summed E-state index contributed by atoms with van der Waals surface area (Å²) < 4.78 is 37.8. The lowest BCUT2D eigenvalue weighted by molar-refractivity contribution is -0.170. The van der Waals surface area contributed by atoms with Crippen molar-refractivity contribution in [2.45, 2.75) is 31.9 Å². The Morgan fingerprint density at radius 2 is 2.00 bits per heavy atom. The van der Waals surface area contributed by atoms with Crippen LogP contribution in [-0.4, -0.2) is 18.6 Å². The molecule has 0 spiro atoms. The van der Waals surface area contributed by atoms with Crippen LogP contribution in [0.3, 0.4) is 0 Å². The van der Waals surface area contributed by atoms with Gasteiger partial charge in [-0.1, -0.05) is 13.8 Å². The van der Waals surface area contributed by atoms with Gasteiger partial charge < -0.3 is 10.6 Å². The number of nitrogens with zero attached hydrogens (tertiary/aromatic N) is 1. The highest BCUT2D eigenvalue weighted by molar-refractivity contribution is 5.98. The Hall–Kier alpha value is -1.72. The van der Waals surface area contributed by atoms with Crippen LogP contribution in [0.15, 0.2) is 18.2 Å². The van der Waals surface area contributed by atoms with Gasteiger partial charge in [0.05, 0.1) is 0 Å². The Labute approximate surface area is 109 Å². The molecule has 0 saturated heterocycles. The zero-order valence-electron chi connectivity index (χ0n) is 10.7. The van der Waals surface area contributed by atoms with Crippen LogP contribution in [-0.2, 0) is 10.2 Å². The quantitative estimate of drug-likeness (QED) is 0.738. The van der Waals surface area contributed by atoms with E-state index in [9.17, 15) is 18.0 Å². The molecule has 1 aromatic carbocycles. The van der Waals surface area contributed by atoms with E-state index in [4.69, 9.17) is 5.73 Å². The predicted octanol–water partition coefficient (Wildman–Crippen LogP) is 2.85. The lowest BCUT2D eigenvalue weighted by Crippen LogP contribution is -2.46. The second-order valence-corrected chi connectivity index (χ2v) is 5.37. The first kappa shape index (κ1) is 13.7. The standard InChI is InChI=1S/C13H15F3N2O/c1-12(2)5-6-18(11(19)13(14,15)16)10-4-3-8(17)7-9(10)12/h3-4,7H,5-6,17H2,1-2H3. The van der Waals surface area contributed by atoms with E-state index in [1.807, 2.05) is 13.8 Å². The third kappa shape index (κ3) is 2.39. The van der Waals surface area contributed by atoms with Gasteiger partial charge in [-0.2, -0.15) is 13.2 Å². The number of carbonyl (C=O) groups is 1. The van der Waals surface area contributed by atoms with Crippen LogP contribution in [0.25, 0.3) is 0 Å².